The minimum Gasteiger partial charge on any atom is -0.508 e. The third-order valence-corrected chi connectivity index (χ3v) is 1.83. The molecule has 0 amide bonds. The van der Waals surface area contributed by atoms with Crippen molar-refractivity contribution in [1.29, 1.82) is 0 Å². The first-order valence-corrected chi connectivity index (χ1v) is 4.01. The van der Waals surface area contributed by atoms with Crippen LogP contribution in [-0.4, -0.2) is 5.11 Å². The lowest BCUT2D eigenvalue weighted by molar-refractivity contribution is 0.453. The van der Waals surface area contributed by atoms with Crippen LogP contribution in [0.3, 0.4) is 0 Å². The summed E-state index contributed by atoms with van der Waals surface area (Å²) < 4.78 is 13.2. The fourth-order valence-electron chi connectivity index (χ4n) is 1.31. The number of halogens is 1. The van der Waals surface area contributed by atoms with Gasteiger partial charge < -0.3 is 5.11 Å². The van der Waals surface area contributed by atoms with Crippen molar-refractivity contribution in [3.63, 3.8) is 0 Å². The highest BCUT2D eigenvalue weighted by Gasteiger charge is 2.11. The highest BCUT2D eigenvalue weighted by atomic mass is 19.1. The Morgan fingerprint density at radius 3 is 2.33 bits per heavy atom. The lowest BCUT2D eigenvalue weighted by Crippen LogP contribution is -1.94. The second-order valence-corrected chi connectivity index (χ2v) is 3.33. The standard InChI is InChI=1S/C10H13FO/c1-6(2)10-8(11)4-7(3)5-9(10)12/h4-6,12H,1-3H3. The van der Waals surface area contributed by atoms with Crippen molar-refractivity contribution in [2.45, 2.75) is 26.7 Å². The highest BCUT2D eigenvalue weighted by molar-refractivity contribution is 5.39. The van der Waals surface area contributed by atoms with Gasteiger partial charge in [0, 0.05) is 5.56 Å². The maximum absolute atomic E-state index is 13.2. The van der Waals surface area contributed by atoms with E-state index >= 15 is 0 Å². The average Bonchev–Trinajstić information content (AvgIpc) is 1.82. The molecule has 0 unspecified atom stereocenters. The fraction of sp³-hybridized carbons (Fsp3) is 0.400. The molecule has 0 atom stereocenters. The Kier molecular flexibility index (Phi) is 2.36. The molecular weight excluding hydrogens is 155 g/mol. The third-order valence-electron chi connectivity index (χ3n) is 1.83. The summed E-state index contributed by atoms with van der Waals surface area (Å²) in [5.41, 5.74) is 1.15. The van der Waals surface area contributed by atoms with Gasteiger partial charge in [-0.25, -0.2) is 4.39 Å². The summed E-state index contributed by atoms with van der Waals surface area (Å²) in [5.74, 6) is -0.240. The van der Waals surface area contributed by atoms with E-state index in [9.17, 15) is 9.50 Å². The minimum atomic E-state index is -0.317. The molecule has 0 aliphatic rings. The molecule has 0 bridgehead atoms. The van der Waals surface area contributed by atoms with E-state index in [1.165, 1.54) is 6.07 Å². The van der Waals surface area contributed by atoms with Crippen molar-refractivity contribution in [2.75, 3.05) is 0 Å². The van der Waals surface area contributed by atoms with E-state index in [1.807, 2.05) is 13.8 Å². The molecule has 1 aromatic carbocycles. The summed E-state index contributed by atoms with van der Waals surface area (Å²) in [5, 5.41) is 9.40. The molecule has 0 fully saturated rings. The van der Waals surface area contributed by atoms with E-state index in [0.29, 0.717) is 5.56 Å². The van der Waals surface area contributed by atoms with Crippen LogP contribution in [0.25, 0.3) is 0 Å². The maximum atomic E-state index is 13.2. The maximum Gasteiger partial charge on any atom is 0.130 e. The number of benzene rings is 1. The first kappa shape index (κ1) is 9.04. The molecule has 0 aliphatic carbocycles. The first-order valence-electron chi connectivity index (χ1n) is 4.01. The normalized spacial score (nSPS) is 10.8. The summed E-state index contributed by atoms with van der Waals surface area (Å²) in [6.45, 7) is 5.47. The number of hydrogen-bond donors (Lipinski definition) is 1. The summed E-state index contributed by atoms with van der Waals surface area (Å²) >= 11 is 0. The summed E-state index contributed by atoms with van der Waals surface area (Å²) in [6.07, 6.45) is 0. The predicted octanol–water partition coefficient (Wildman–Crippen LogP) is 2.96. The number of hydrogen-bond acceptors (Lipinski definition) is 1. The minimum absolute atomic E-state index is 0.0191. The number of rotatable bonds is 1. The smallest absolute Gasteiger partial charge is 0.130 e. The molecule has 0 saturated carbocycles. The van der Waals surface area contributed by atoms with Crippen LogP contribution in [0.2, 0.25) is 0 Å². The lowest BCUT2D eigenvalue weighted by Gasteiger charge is -2.09. The molecule has 1 N–H and O–H groups in total. The van der Waals surface area contributed by atoms with Crippen molar-refractivity contribution in [3.05, 3.63) is 29.1 Å². The van der Waals surface area contributed by atoms with Crippen LogP contribution in [0.1, 0.15) is 30.9 Å². The summed E-state index contributed by atoms with van der Waals surface area (Å²) in [4.78, 5) is 0. The Bertz CT molecular complexity index is 269. The number of phenols is 1. The topological polar surface area (TPSA) is 20.2 Å². The zero-order valence-electron chi connectivity index (χ0n) is 7.56. The number of aromatic hydroxyl groups is 1. The molecule has 12 heavy (non-hydrogen) atoms. The van der Waals surface area contributed by atoms with Gasteiger partial charge in [-0.3, -0.25) is 0 Å². The van der Waals surface area contributed by atoms with E-state index in [4.69, 9.17) is 0 Å². The third kappa shape index (κ3) is 1.58. The average molecular weight is 168 g/mol. The van der Waals surface area contributed by atoms with Gasteiger partial charge in [0.25, 0.3) is 0 Å². The molecule has 0 saturated heterocycles. The van der Waals surface area contributed by atoms with Crippen LogP contribution in [0.4, 0.5) is 4.39 Å². The molecule has 0 spiro atoms. The largest absolute Gasteiger partial charge is 0.508 e. The zero-order chi connectivity index (χ0) is 9.30. The van der Waals surface area contributed by atoms with Crippen molar-refractivity contribution in [2.24, 2.45) is 0 Å². The Balaban J connectivity index is 3.28. The van der Waals surface area contributed by atoms with Crippen molar-refractivity contribution >= 4 is 0 Å². The van der Waals surface area contributed by atoms with Gasteiger partial charge in [-0.15, -0.1) is 0 Å². The van der Waals surface area contributed by atoms with E-state index in [-0.39, 0.29) is 17.5 Å². The number of phenolic OH excluding ortho intramolecular Hbond substituents is 1. The number of aryl methyl sites for hydroxylation is 1. The van der Waals surface area contributed by atoms with Crippen LogP contribution in [0.5, 0.6) is 5.75 Å². The van der Waals surface area contributed by atoms with Gasteiger partial charge in [-0.2, -0.15) is 0 Å². The van der Waals surface area contributed by atoms with Gasteiger partial charge in [0.15, 0.2) is 0 Å². The van der Waals surface area contributed by atoms with Gasteiger partial charge in [-0.05, 0) is 30.5 Å². The second-order valence-electron chi connectivity index (χ2n) is 3.33. The zero-order valence-corrected chi connectivity index (χ0v) is 7.56. The molecule has 0 aliphatic heterocycles. The lowest BCUT2D eigenvalue weighted by atomic mass is 10.00. The van der Waals surface area contributed by atoms with Crippen molar-refractivity contribution in [1.82, 2.24) is 0 Å². The Labute approximate surface area is 71.9 Å². The summed E-state index contributed by atoms with van der Waals surface area (Å²) in [7, 11) is 0. The fourth-order valence-corrected chi connectivity index (χ4v) is 1.31. The van der Waals surface area contributed by atoms with E-state index in [0.717, 1.165) is 5.56 Å². The first-order chi connectivity index (χ1) is 5.52. The monoisotopic (exact) mass is 168 g/mol. The second kappa shape index (κ2) is 3.13. The van der Waals surface area contributed by atoms with Gasteiger partial charge in [0.05, 0.1) is 0 Å². The quantitative estimate of drug-likeness (QED) is 0.683. The SMILES string of the molecule is Cc1cc(O)c(C(C)C)c(F)c1. The van der Waals surface area contributed by atoms with E-state index < -0.39 is 0 Å². The molecule has 1 nitrogen and oxygen atoms in total. The van der Waals surface area contributed by atoms with Crippen LogP contribution in [-0.2, 0) is 0 Å². The van der Waals surface area contributed by atoms with Gasteiger partial charge in [0.1, 0.15) is 11.6 Å². The molecule has 0 heterocycles. The van der Waals surface area contributed by atoms with Crippen molar-refractivity contribution in [3.8, 4) is 5.75 Å². The molecule has 0 radical (unpaired) electrons. The Morgan fingerprint density at radius 1 is 1.33 bits per heavy atom. The van der Waals surface area contributed by atoms with Gasteiger partial charge >= 0.3 is 0 Å². The van der Waals surface area contributed by atoms with Crippen LogP contribution in [0, 0.1) is 12.7 Å². The molecule has 66 valence electrons. The molecule has 2 heteroatoms. The van der Waals surface area contributed by atoms with Crippen LogP contribution >= 0.6 is 0 Å². The van der Waals surface area contributed by atoms with Gasteiger partial charge in [-0.1, -0.05) is 13.8 Å². The Morgan fingerprint density at radius 2 is 1.92 bits per heavy atom. The van der Waals surface area contributed by atoms with Crippen LogP contribution < -0.4 is 0 Å². The highest BCUT2D eigenvalue weighted by Crippen LogP contribution is 2.28. The van der Waals surface area contributed by atoms with Crippen LogP contribution in [0.15, 0.2) is 12.1 Å². The molecule has 0 aromatic heterocycles. The molecule has 1 rings (SSSR count). The predicted molar refractivity (Wildman–Crippen MR) is 46.9 cm³/mol. The summed E-state index contributed by atoms with van der Waals surface area (Å²) in [6, 6.07) is 3.02. The Hall–Kier alpha value is -1.05. The van der Waals surface area contributed by atoms with E-state index in [1.54, 1.807) is 13.0 Å². The molecular formula is C10H13FO. The molecule has 1 aromatic rings. The van der Waals surface area contributed by atoms with E-state index in [2.05, 4.69) is 0 Å². The van der Waals surface area contributed by atoms with Crippen molar-refractivity contribution < 1.29 is 9.50 Å². The van der Waals surface area contributed by atoms with Gasteiger partial charge in [0.2, 0.25) is 0 Å².